The number of allylic oxidation sites excluding steroid dienone is 2. The highest BCUT2D eigenvalue weighted by Crippen LogP contribution is 2.41. The molecule has 6 nitrogen and oxygen atoms in total. The molecule has 34 heavy (non-hydrogen) atoms. The van der Waals surface area contributed by atoms with Gasteiger partial charge in [0.2, 0.25) is 11.1 Å². The molecular weight excluding hydrogens is 451 g/mol. The molecule has 2 aliphatic rings. The minimum atomic E-state index is -0.326. The molecule has 1 aliphatic carbocycles. The van der Waals surface area contributed by atoms with Crippen LogP contribution in [-0.4, -0.2) is 26.3 Å². The maximum Gasteiger partial charge on any atom is 0.227 e. The summed E-state index contributed by atoms with van der Waals surface area (Å²) < 4.78 is 21.5. The van der Waals surface area contributed by atoms with Gasteiger partial charge in [0.1, 0.15) is 24.2 Å². The fourth-order valence-electron chi connectivity index (χ4n) is 4.34. The number of halogens is 1. The van der Waals surface area contributed by atoms with Gasteiger partial charge in [-0.3, -0.25) is 4.79 Å². The fourth-order valence-corrected chi connectivity index (χ4v) is 5.25. The van der Waals surface area contributed by atoms with Crippen LogP contribution < -0.4 is 10.1 Å². The number of fused-ring (bicyclic) bond motifs is 1. The summed E-state index contributed by atoms with van der Waals surface area (Å²) in [5.74, 6) is 2.15. The van der Waals surface area contributed by atoms with Crippen molar-refractivity contribution in [2.75, 3.05) is 11.1 Å². The van der Waals surface area contributed by atoms with E-state index >= 15 is 0 Å². The number of carbonyl (C=O) groups is 1. The van der Waals surface area contributed by atoms with Crippen molar-refractivity contribution in [2.24, 2.45) is 0 Å². The molecular formula is C26H27FN4O2S. The van der Waals surface area contributed by atoms with Gasteiger partial charge in [-0.25, -0.2) is 9.07 Å². The van der Waals surface area contributed by atoms with E-state index in [1.165, 1.54) is 6.07 Å². The van der Waals surface area contributed by atoms with Gasteiger partial charge in [-0.05, 0) is 43.0 Å². The summed E-state index contributed by atoms with van der Waals surface area (Å²) in [5, 5.41) is 8.85. The third kappa shape index (κ3) is 4.59. The molecule has 0 spiro atoms. The summed E-state index contributed by atoms with van der Waals surface area (Å²) in [7, 11) is 0. The van der Waals surface area contributed by atoms with E-state index in [0.29, 0.717) is 23.7 Å². The molecule has 5 rings (SSSR count). The van der Waals surface area contributed by atoms with Gasteiger partial charge in [-0.1, -0.05) is 55.4 Å². The van der Waals surface area contributed by atoms with E-state index < -0.39 is 0 Å². The molecule has 1 unspecified atom stereocenters. The third-order valence-corrected chi connectivity index (χ3v) is 7.05. The lowest BCUT2D eigenvalue weighted by Gasteiger charge is -2.32. The number of Topliss-reactive ketones (excluding diaryl/α,β-unsaturated/α-hetero) is 1. The zero-order chi connectivity index (χ0) is 23.5. The number of thioether (sulfide) groups is 1. The quantitative estimate of drug-likeness (QED) is 0.321. The molecule has 1 aromatic heterocycles. The van der Waals surface area contributed by atoms with Crippen molar-refractivity contribution in [2.45, 2.75) is 56.8 Å². The van der Waals surface area contributed by atoms with Crippen LogP contribution in [0.25, 0.3) is 0 Å². The van der Waals surface area contributed by atoms with Crippen molar-refractivity contribution in [1.29, 1.82) is 0 Å². The van der Waals surface area contributed by atoms with Crippen molar-refractivity contribution in [1.82, 2.24) is 14.8 Å². The Morgan fingerprint density at radius 1 is 1.18 bits per heavy atom. The van der Waals surface area contributed by atoms with Gasteiger partial charge in [0.15, 0.2) is 5.78 Å². The highest BCUT2D eigenvalue weighted by atomic mass is 32.2. The smallest absolute Gasteiger partial charge is 0.227 e. The van der Waals surface area contributed by atoms with Gasteiger partial charge in [0.25, 0.3) is 0 Å². The van der Waals surface area contributed by atoms with E-state index in [1.54, 1.807) is 30.0 Å². The number of aromatic nitrogens is 3. The number of hydrogen-bond donors (Lipinski definition) is 1. The molecule has 0 bridgehead atoms. The average Bonchev–Trinajstić information content (AvgIpc) is 3.25. The van der Waals surface area contributed by atoms with Crippen molar-refractivity contribution in [3.63, 3.8) is 0 Å². The van der Waals surface area contributed by atoms with Crippen molar-refractivity contribution < 1.29 is 13.9 Å². The summed E-state index contributed by atoms with van der Waals surface area (Å²) in [6, 6.07) is 13.9. The molecule has 3 aromatic rings. The number of hydrogen-bond acceptors (Lipinski definition) is 6. The predicted molar refractivity (Wildman–Crippen MR) is 130 cm³/mol. The monoisotopic (exact) mass is 478 g/mol. The Bertz CT molecular complexity index is 1220. The zero-order valence-corrected chi connectivity index (χ0v) is 19.9. The van der Waals surface area contributed by atoms with Gasteiger partial charge >= 0.3 is 0 Å². The molecule has 0 amide bonds. The van der Waals surface area contributed by atoms with Crippen LogP contribution >= 0.6 is 11.8 Å². The maximum atomic E-state index is 13.9. The largest absolute Gasteiger partial charge is 0.489 e. The second-order valence-electron chi connectivity index (χ2n) is 8.51. The summed E-state index contributed by atoms with van der Waals surface area (Å²) in [6.07, 6.45) is 4.44. The lowest BCUT2D eigenvalue weighted by atomic mass is 9.85. The third-order valence-electron chi connectivity index (χ3n) is 6.13. The Morgan fingerprint density at radius 2 is 2.00 bits per heavy atom. The molecule has 176 valence electrons. The van der Waals surface area contributed by atoms with E-state index in [4.69, 9.17) is 14.8 Å². The Hall–Kier alpha value is -3.13. The molecule has 1 aliphatic heterocycles. The standard InChI is InChI=1S/C26H27FN4O2S/c1-2-3-15-34-26-29-25-28-21-9-6-10-22(32)23(21)24(31(25)30-26)17-11-13-19(14-12-17)33-16-18-7-4-5-8-20(18)27/h4-5,7-8,11-14,24H,2-3,6,9-10,15-16H2,1H3,(H,28,29,30). The molecule has 0 fully saturated rings. The van der Waals surface area contributed by atoms with Crippen molar-refractivity contribution >= 4 is 23.5 Å². The normalized spacial score (nSPS) is 17.2. The number of nitrogens with one attached hydrogen (secondary N) is 1. The van der Waals surface area contributed by atoms with Crippen LogP contribution in [0.4, 0.5) is 10.3 Å². The topological polar surface area (TPSA) is 69.0 Å². The first kappa shape index (κ1) is 22.7. The summed E-state index contributed by atoms with van der Waals surface area (Å²) in [6.45, 7) is 2.32. The number of unbranched alkanes of at least 4 members (excludes halogenated alkanes) is 1. The number of ketones is 1. The maximum absolute atomic E-state index is 13.9. The van der Waals surface area contributed by atoms with Gasteiger partial charge in [0.05, 0.1) is 0 Å². The molecule has 0 saturated carbocycles. The first-order valence-corrected chi connectivity index (χ1v) is 12.7. The number of ether oxygens (including phenoxy) is 1. The second-order valence-corrected chi connectivity index (χ2v) is 9.57. The number of rotatable bonds is 8. The minimum Gasteiger partial charge on any atom is -0.489 e. The minimum absolute atomic E-state index is 0.152. The van der Waals surface area contributed by atoms with Gasteiger partial charge < -0.3 is 10.1 Å². The van der Waals surface area contributed by atoms with Gasteiger partial charge in [-0.2, -0.15) is 4.98 Å². The molecule has 0 saturated heterocycles. The highest BCUT2D eigenvalue weighted by molar-refractivity contribution is 7.99. The molecule has 2 aromatic carbocycles. The molecule has 8 heteroatoms. The van der Waals surface area contributed by atoms with Crippen LogP contribution in [0.5, 0.6) is 5.75 Å². The predicted octanol–water partition coefficient (Wildman–Crippen LogP) is 5.91. The molecule has 0 radical (unpaired) electrons. The second kappa shape index (κ2) is 10.0. The molecule has 2 heterocycles. The Kier molecular flexibility index (Phi) is 6.67. The van der Waals surface area contributed by atoms with Crippen LogP contribution in [0, 0.1) is 5.82 Å². The van der Waals surface area contributed by atoms with E-state index in [-0.39, 0.29) is 24.2 Å². The van der Waals surface area contributed by atoms with E-state index in [9.17, 15) is 9.18 Å². The van der Waals surface area contributed by atoms with E-state index in [1.807, 2.05) is 28.9 Å². The number of carbonyl (C=O) groups excluding carboxylic acids is 1. The van der Waals surface area contributed by atoms with Crippen LogP contribution in [0.1, 0.15) is 56.2 Å². The van der Waals surface area contributed by atoms with Crippen LogP contribution in [0.2, 0.25) is 0 Å². The number of nitrogens with zero attached hydrogens (tertiary/aromatic N) is 3. The van der Waals surface area contributed by atoms with Crippen LogP contribution in [-0.2, 0) is 11.4 Å². The highest BCUT2D eigenvalue weighted by Gasteiger charge is 2.36. The SMILES string of the molecule is CCCCSc1nc2n(n1)C(c1ccc(OCc3ccccc3F)cc1)C1=C(CCCC1=O)N2. The average molecular weight is 479 g/mol. The number of benzene rings is 2. The van der Waals surface area contributed by atoms with Crippen LogP contribution in [0.3, 0.4) is 0 Å². The van der Waals surface area contributed by atoms with Crippen molar-refractivity contribution in [3.8, 4) is 5.75 Å². The Labute approximate surface area is 202 Å². The Balaban J connectivity index is 1.42. The Morgan fingerprint density at radius 3 is 2.79 bits per heavy atom. The fraction of sp³-hybridized carbons (Fsp3) is 0.346. The van der Waals surface area contributed by atoms with Crippen LogP contribution in [0.15, 0.2) is 65.0 Å². The van der Waals surface area contributed by atoms with E-state index in [2.05, 4.69) is 12.2 Å². The first-order valence-electron chi connectivity index (χ1n) is 11.7. The van der Waals surface area contributed by atoms with Gasteiger partial charge in [-0.15, -0.1) is 5.10 Å². The lowest BCUT2D eigenvalue weighted by Crippen LogP contribution is -2.31. The summed E-state index contributed by atoms with van der Waals surface area (Å²) in [5.41, 5.74) is 3.17. The molecule has 1 N–H and O–H groups in total. The van der Waals surface area contributed by atoms with Gasteiger partial charge in [0, 0.05) is 29.0 Å². The number of anilines is 1. The lowest BCUT2D eigenvalue weighted by molar-refractivity contribution is -0.116. The van der Waals surface area contributed by atoms with Crippen molar-refractivity contribution in [3.05, 3.63) is 76.7 Å². The van der Waals surface area contributed by atoms with E-state index in [0.717, 1.165) is 53.4 Å². The summed E-state index contributed by atoms with van der Waals surface area (Å²) >= 11 is 1.64. The summed E-state index contributed by atoms with van der Waals surface area (Å²) in [4.78, 5) is 17.7. The first-order chi connectivity index (χ1) is 16.6. The zero-order valence-electron chi connectivity index (χ0n) is 19.1. The molecule has 1 atom stereocenters.